The number of carbonyl (C=O) groups is 2. The molecule has 1 aliphatic rings. The molecule has 25 heavy (non-hydrogen) atoms. The zero-order valence-corrected chi connectivity index (χ0v) is 14.3. The summed E-state index contributed by atoms with van der Waals surface area (Å²) in [5.74, 6) is -0.220. The van der Waals surface area contributed by atoms with Gasteiger partial charge in [-0.25, -0.2) is 0 Å². The van der Waals surface area contributed by atoms with Gasteiger partial charge in [0.2, 0.25) is 5.91 Å². The standard InChI is InChI=1S/C21H22N2O2/c1-22-20(25)17-11-8-16(9-12-17)10-13-19(24)23-21(14-5-15-21)18-6-3-2-4-7-18/h2-4,6-13H,5,14-15H2,1H3,(H,22,25)(H,23,24)/b13-10+. The van der Waals surface area contributed by atoms with Gasteiger partial charge in [0.25, 0.3) is 5.91 Å². The molecule has 0 heterocycles. The van der Waals surface area contributed by atoms with E-state index in [1.807, 2.05) is 30.3 Å². The van der Waals surface area contributed by atoms with E-state index in [1.165, 1.54) is 0 Å². The molecule has 4 nitrogen and oxygen atoms in total. The molecular weight excluding hydrogens is 312 g/mol. The number of amides is 2. The van der Waals surface area contributed by atoms with E-state index in [4.69, 9.17) is 0 Å². The first-order chi connectivity index (χ1) is 12.1. The zero-order chi connectivity index (χ0) is 17.7. The van der Waals surface area contributed by atoms with Crippen molar-refractivity contribution in [1.82, 2.24) is 10.6 Å². The molecule has 1 saturated carbocycles. The van der Waals surface area contributed by atoms with Crippen molar-refractivity contribution < 1.29 is 9.59 Å². The second-order valence-corrected chi connectivity index (χ2v) is 6.33. The van der Waals surface area contributed by atoms with Crippen molar-refractivity contribution in [2.45, 2.75) is 24.8 Å². The minimum absolute atomic E-state index is 0.0982. The molecule has 0 radical (unpaired) electrons. The lowest BCUT2D eigenvalue weighted by Gasteiger charge is -2.42. The number of hydrogen-bond acceptors (Lipinski definition) is 2. The van der Waals surface area contributed by atoms with Crippen molar-refractivity contribution in [2.75, 3.05) is 7.05 Å². The summed E-state index contributed by atoms with van der Waals surface area (Å²) < 4.78 is 0. The number of hydrogen-bond donors (Lipinski definition) is 2. The van der Waals surface area contributed by atoms with Gasteiger partial charge >= 0.3 is 0 Å². The third-order valence-corrected chi connectivity index (χ3v) is 4.72. The van der Waals surface area contributed by atoms with Crippen LogP contribution in [-0.4, -0.2) is 18.9 Å². The first-order valence-electron chi connectivity index (χ1n) is 8.51. The Morgan fingerprint density at radius 1 is 1.00 bits per heavy atom. The van der Waals surface area contributed by atoms with Crippen LogP contribution in [0, 0.1) is 0 Å². The van der Waals surface area contributed by atoms with Crippen molar-refractivity contribution in [3.8, 4) is 0 Å². The average Bonchev–Trinajstić information content (AvgIpc) is 2.63. The maximum Gasteiger partial charge on any atom is 0.251 e. The number of benzene rings is 2. The topological polar surface area (TPSA) is 58.2 Å². The molecule has 1 fully saturated rings. The molecule has 0 bridgehead atoms. The van der Waals surface area contributed by atoms with E-state index < -0.39 is 0 Å². The normalized spacial score (nSPS) is 15.4. The Bertz CT molecular complexity index is 775. The highest BCUT2D eigenvalue weighted by atomic mass is 16.2. The van der Waals surface area contributed by atoms with Gasteiger partial charge in [0.05, 0.1) is 5.54 Å². The van der Waals surface area contributed by atoms with Gasteiger partial charge in [-0.2, -0.15) is 0 Å². The number of nitrogens with one attached hydrogen (secondary N) is 2. The second-order valence-electron chi connectivity index (χ2n) is 6.33. The van der Waals surface area contributed by atoms with Gasteiger partial charge in [0.15, 0.2) is 0 Å². The summed E-state index contributed by atoms with van der Waals surface area (Å²) in [6.07, 6.45) is 6.38. The molecule has 2 N–H and O–H groups in total. The molecule has 3 rings (SSSR count). The van der Waals surface area contributed by atoms with Crippen LogP contribution in [0.5, 0.6) is 0 Å². The lowest BCUT2D eigenvalue weighted by atomic mass is 9.72. The third-order valence-electron chi connectivity index (χ3n) is 4.72. The summed E-state index contributed by atoms with van der Waals surface area (Å²) in [4.78, 5) is 23.9. The summed E-state index contributed by atoms with van der Waals surface area (Å²) in [5, 5.41) is 5.75. The van der Waals surface area contributed by atoms with Crippen LogP contribution in [0.15, 0.2) is 60.7 Å². The summed E-state index contributed by atoms with van der Waals surface area (Å²) in [7, 11) is 1.60. The maximum atomic E-state index is 12.4. The Hall–Kier alpha value is -2.88. The van der Waals surface area contributed by atoms with E-state index in [1.54, 1.807) is 31.3 Å². The van der Waals surface area contributed by atoms with E-state index in [0.29, 0.717) is 5.56 Å². The van der Waals surface area contributed by atoms with Gasteiger partial charge in [-0.1, -0.05) is 42.5 Å². The smallest absolute Gasteiger partial charge is 0.251 e. The lowest BCUT2D eigenvalue weighted by molar-refractivity contribution is -0.119. The van der Waals surface area contributed by atoms with Gasteiger partial charge in [0, 0.05) is 18.7 Å². The summed E-state index contributed by atoms with van der Waals surface area (Å²) >= 11 is 0. The Labute approximate surface area is 148 Å². The SMILES string of the molecule is CNC(=O)c1ccc(/C=C/C(=O)NC2(c3ccccc3)CCC2)cc1. The van der Waals surface area contributed by atoms with Crippen molar-refractivity contribution in [3.63, 3.8) is 0 Å². The largest absolute Gasteiger partial charge is 0.355 e. The highest BCUT2D eigenvalue weighted by Gasteiger charge is 2.39. The van der Waals surface area contributed by atoms with Crippen molar-refractivity contribution in [1.29, 1.82) is 0 Å². The minimum Gasteiger partial charge on any atom is -0.355 e. The highest BCUT2D eigenvalue weighted by Crippen LogP contribution is 2.41. The molecular formula is C21H22N2O2. The van der Waals surface area contributed by atoms with Gasteiger partial charge in [-0.15, -0.1) is 0 Å². The Morgan fingerprint density at radius 3 is 2.24 bits per heavy atom. The van der Waals surface area contributed by atoms with Crippen LogP contribution in [0.3, 0.4) is 0 Å². The fraction of sp³-hybridized carbons (Fsp3) is 0.238. The first kappa shape index (κ1) is 17.0. The molecule has 0 aliphatic heterocycles. The number of rotatable bonds is 5. The molecule has 2 aromatic carbocycles. The van der Waals surface area contributed by atoms with Gasteiger partial charge in [-0.3, -0.25) is 9.59 Å². The van der Waals surface area contributed by atoms with Crippen LogP contribution in [0.4, 0.5) is 0 Å². The van der Waals surface area contributed by atoms with Crippen molar-refractivity contribution in [3.05, 3.63) is 77.4 Å². The average molecular weight is 334 g/mol. The van der Waals surface area contributed by atoms with Gasteiger partial charge in [-0.05, 0) is 48.6 Å². The fourth-order valence-corrected chi connectivity index (χ4v) is 3.11. The summed E-state index contributed by atoms with van der Waals surface area (Å²) in [6.45, 7) is 0. The molecule has 0 aromatic heterocycles. The molecule has 0 saturated heterocycles. The maximum absolute atomic E-state index is 12.4. The predicted octanol–water partition coefficient (Wildman–Crippen LogP) is 3.26. The number of carbonyl (C=O) groups excluding carboxylic acids is 2. The van der Waals surface area contributed by atoms with Gasteiger partial charge < -0.3 is 10.6 Å². The van der Waals surface area contributed by atoms with E-state index in [-0.39, 0.29) is 17.4 Å². The quantitative estimate of drug-likeness (QED) is 0.825. The van der Waals surface area contributed by atoms with Crippen LogP contribution in [-0.2, 0) is 10.3 Å². The van der Waals surface area contributed by atoms with Gasteiger partial charge in [0.1, 0.15) is 0 Å². The Balaban J connectivity index is 1.66. The molecule has 0 atom stereocenters. The molecule has 0 spiro atoms. The molecule has 2 aromatic rings. The zero-order valence-electron chi connectivity index (χ0n) is 14.3. The summed E-state index contributed by atoms with van der Waals surface area (Å²) in [5.41, 5.74) is 2.41. The van der Waals surface area contributed by atoms with Crippen molar-refractivity contribution >= 4 is 17.9 Å². The van der Waals surface area contributed by atoms with Crippen LogP contribution in [0.25, 0.3) is 6.08 Å². The predicted molar refractivity (Wildman–Crippen MR) is 99.0 cm³/mol. The molecule has 2 amide bonds. The fourth-order valence-electron chi connectivity index (χ4n) is 3.11. The van der Waals surface area contributed by atoms with Crippen LogP contribution in [0.1, 0.15) is 40.7 Å². The van der Waals surface area contributed by atoms with E-state index in [2.05, 4.69) is 22.8 Å². The van der Waals surface area contributed by atoms with E-state index >= 15 is 0 Å². The first-order valence-corrected chi connectivity index (χ1v) is 8.51. The van der Waals surface area contributed by atoms with E-state index in [0.717, 1.165) is 30.4 Å². The Morgan fingerprint density at radius 2 is 1.68 bits per heavy atom. The van der Waals surface area contributed by atoms with Crippen LogP contribution >= 0.6 is 0 Å². The van der Waals surface area contributed by atoms with E-state index in [9.17, 15) is 9.59 Å². The second kappa shape index (κ2) is 7.34. The summed E-state index contributed by atoms with van der Waals surface area (Å²) in [6, 6.07) is 17.3. The van der Waals surface area contributed by atoms with Crippen molar-refractivity contribution in [2.24, 2.45) is 0 Å². The van der Waals surface area contributed by atoms with Crippen LogP contribution < -0.4 is 10.6 Å². The lowest BCUT2D eigenvalue weighted by Crippen LogP contribution is -2.50. The highest BCUT2D eigenvalue weighted by molar-refractivity contribution is 5.95. The third kappa shape index (κ3) is 3.79. The monoisotopic (exact) mass is 334 g/mol. The molecule has 1 aliphatic carbocycles. The van der Waals surface area contributed by atoms with Crippen LogP contribution in [0.2, 0.25) is 0 Å². The Kier molecular flexibility index (Phi) is 4.98. The molecule has 4 heteroatoms. The molecule has 0 unspecified atom stereocenters. The minimum atomic E-state index is -0.230. The molecule has 128 valence electrons.